The number of hydrogen-bond acceptors (Lipinski definition) is 6. The number of carbonyl (C=O) groups excluding carboxylic acids is 1. The zero-order valence-electron chi connectivity index (χ0n) is 18.5. The molecule has 1 saturated heterocycles. The smallest absolute Gasteiger partial charge is 0.275 e. The van der Waals surface area contributed by atoms with Gasteiger partial charge in [-0.2, -0.15) is 5.10 Å². The SMILES string of the molecule is Cn1nc(C(=O)N2C[C@H]3C[C@@H](Oc4ccc5c(c4)OCCO5)[C@H](O)C[C@H]3C2)c2ccccc21. The van der Waals surface area contributed by atoms with E-state index in [0.717, 1.165) is 10.9 Å². The second-order valence-electron chi connectivity index (χ2n) is 9.22. The van der Waals surface area contributed by atoms with Crippen molar-refractivity contribution in [2.75, 3.05) is 26.3 Å². The summed E-state index contributed by atoms with van der Waals surface area (Å²) in [6.45, 7) is 2.35. The van der Waals surface area contributed by atoms with E-state index in [9.17, 15) is 9.90 Å². The molecule has 3 heterocycles. The number of rotatable bonds is 3. The average molecular weight is 450 g/mol. The van der Waals surface area contributed by atoms with Crippen LogP contribution in [0.1, 0.15) is 23.3 Å². The van der Waals surface area contributed by atoms with Gasteiger partial charge in [-0.3, -0.25) is 9.48 Å². The number of hydrogen-bond donors (Lipinski definition) is 1. The summed E-state index contributed by atoms with van der Waals surface area (Å²) >= 11 is 0. The highest BCUT2D eigenvalue weighted by Gasteiger charge is 2.44. The molecule has 1 aliphatic carbocycles. The number of aryl methyl sites for hydroxylation is 1. The molecular weight excluding hydrogens is 422 g/mol. The van der Waals surface area contributed by atoms with Gasteiger partial charge in [0.25, 0.3) is 5.91 Å². The topological polar surface area (TPSA) is 86.1 Å². The van der Waals surface area contributed by atoms with Crippen LogP contribution in [0.4, 0.5) is 0 Å². The van der Waals surface area contributed by atoms with E-state index in [1.165, 1.54) is 0 Å². The Morgan fingerprint density at radius 1 is 1.06 bits per heavy atom. The Morgan fingerprint density at radius 3 is 2.67 bits per heavy atom. The number of likely N-dealkylation sites (tertiary alicyclic amines) is 1. The van der Waals surface area contributed by atoms with E-state index in [-0.39, 0.29) is 23.8 Å². The molecule has 0 unspecified atom stereocenters. The molecule has 2 aromatic carbocycles. The quantitative estimate of drug-likeness (QED) is 0.662. The number of amides is 1. The third-order valence-electron chi connectivity index (χ3n) is 7.13. The first-order chi connectivity index (χ1) is 16.1. The van der Waals surface area contributed by atoms with Crippen LogP contribution in [0.15, 0.2) is 42.5 Å². The minimum Gasteiger partial charge on any atom is -0.488 e. The second kappa shape index (κ2) is 7.95. The van der Waals surface area contributed by atoms with Crippen molar-refractivity contribution in [1.29, 1.82) is 0 Å². The van der Waals surface area contributed by atoms with Gasteiger partial charge in [-0.25, -0.2) is 0 Å². The predicted octanol–water partition coefficient (Wildman–Crippen LogP) is 2.64. The Hall–Kier alpha value is -3.26. The minimum atomic E-state index is -0.579. The van der Waals surface area contributed by atoms with Crippen molar-refractivity contribution >= 4 is 16.8 Å². The second-order valence-corrected chi connectivity index (χ2v) is 9.22. The molecule has 1 N–H and O–H groups in total. The first-order valence-corrected chi connectivity index (χ1v) is 11.5. The number of benzene rings is 2. The molecule has 33 heavy (non-hydrogen) atoms. The van der Waals surface area contributed by atoms with Gasteiger partial charge >= 0.3 is 0 Å². The molecule has 8 nitrogen and oxygen atoms in total. The summed E-state index contributed by atoms with van der Waals surface area (Å²) in [7, 11) is 1.86. The lowest BCUT2D eigenvalue weighted by atomic mass is 9.78. The van der Waals surface area contributed by atoms with E-state index in [2.05, 4.69) is 5.10 Å². The average Bonchev–Trinajstić information content (AvgIpc) is 3.40. The van der Waals surface area contributed by atoms with E-state index in [0.29, 0.717) is 62.1 Å². The van der Waals surface area contributed by atoms with Gasteiger partial charge < -0.3 is 24.2 Å². The lowest BCUT2D eigenvalue weighted by molar-refractivity contribution is -0.0233. The summed E-state index contributed by atoms with van der Waals surface area (Å²) in [6.07, 6.45) is 0.421. The molecule has 0 bridgehead atoms. The van der Waals surface area contributed by atoms with E-state index in [1.54, 1.807) is 4.68 Å². The fraction of sp³-hybridized carbons (Fsp3) is 0.440. The molecule has 0 spiro atoms. The highest BCUT2D eigenvalue weighted by atomic mass is 16.6. The molecule has 1 amide bonds. The van der Waals surface area contributed by atoms with Crippen LogP contribution < -0.4 is 14.2 Å². The van der Waals surface area contributed by atoms with Crippen LogP contribution >= 0.6 is 0 Å². The highest BCUT2D eigenvalue weighted by molar-refractivity contribution is 6.04. The molecular formula is C25H27N3O5. The zero-order chi connectivity index (χ0) is 22.5. The van der Waals surface area contributed by atoms with Crippen molar-refractivity contribution in [2.45, 2.75) is 25.0 Å². The summed E-state index contributed by atoms with van der Waals surface area (Å²) in [5.74, 6) is 2.55. The van der Waals surface area contributed by atoms with Crippen molar-refractivity contribution in [3.05, 3.63) is 48.2 Å². The van der Waals surface area contributed by atoms with Crippen LogP contribution in [0.25, 0.3) is 10.9 Å². The number of fused-ring (bicyclic) bond motifs is 3. The van der Waals surface area contributed by atoms with Gasteiger partial charge in [0.1, 0.15) is 25.1 Å². The monoisotopic (exact) mass is 449 g/mol. The maximum atomic E-state index is 13.3. The summed E-state index contributed by atoms with van der Waals surface area (Å²) in [4.78, 5) is 15.2. The molecule has 0 radical (unpaired) electrons. The van der Waals surface area contributed by atoms with Gasteiger partial charge in [0, 0.05) is 31.6 Å². The van der Waals surface area contributed by atoms with Crippen molar-refractivity contribution in [3.63, 3.8) is 0 Å². The first kappa shape index (κ1) is 20.4. The molecule has 1 aromatic heterocycles. The molecule has 3 aromatic rings. The van der Waals surface area contributed by atoms with Crippen molar-refractivity contribution in [2.24, 2.45) is 18.9 Å². The molecule has 6 rings (SSSR count). The Bertz CT molecular complexity index is 1210. The fourth-order valence-electron chi connectivity index (χ4n) is 5.48. The maximum Gasteiger partial charge on any atom is 0.275 e. The summed E-state index contributed by atoms with van der Waals surface area (Å²) in [5, 5.41) is 16.2. The number of aromatic nitrogens is 2. The largest absolute Gasteiger partial charge is 0.488 e. The molecule has 172 valence electrons. The molecule has 1 saturated carbocycles. The normalized spacial score (nSPS) is 26.3. The van der Waals surface area contributed by atoms with Gasteiger partial charge in [0.05, 0.1) is 11.6 Å². The van der Waals surface area contributed by atoms with Crippen molar-refractivity contribution < 1.29 is 24.1 Å². The summed E-state index contributed by atoms with van der Waals surface area (Å²) in [5.41, 5.74) is 1.44. The van der Waals surface area contributed by atoms with Crippen LogP contribution in [0.2, 0.25) is 0 Å². The van der Waals surface area contributed by atoms with Gasteiger partial charge in [0.2, 0.25) is 0 Å². The molecule has 4 atom stereocenters. The van der Waals surface area contributed by atoms with Crippen LogP contribution in [-0.2, 0) is 7.05 Å². The third kappa shape index (κ3) is 3.58. The molecule has 2 aliphatic heterocycles. The molecule has 3 aliphatic rings. The molecule has 8 heteroatoms. The van der Waals surface area contributed by atoms with E-state index < -0.39 is 6.10 Å². The number of carbonyl (C=O) groups is 1. The standard InChI is InChI=1S/C25H27N3O5/c1-27-19-5-3-2-4-18(19)24(26-27)25(30)28-13-15-10-20(29)22(11-16(15)14-28)33-17-6-7-21-23(12-17)32-9-8-31-21/h2-7,12,15-16,20,22,29H,8-11,13-14H2,1H3/t15-,16+,20+,22+/m0/s1. The lowest BCUT2D eigenvalue weighted by Crippen LogP contribution is -2.42. The van der Waals surface area contributed by atoms with Crippen molar-refractivity contribution in [3.8, 4) is 17.2 Å². The van der Waals surface area contributed by atoms with Crippen molar-refractivity contribution in [1.82, 2.24) is 14.7 Å². The van der Waals surface area contributed by atoms with Crippen LogP contribution in [0.3, 0.4) is 0 Å². The van der Waals surface area contributed by atoms with Gasteiger partial charge in [-0.15, -0.1) is 0 Å². The number of para-hydroxylation sites is 1. The summed E-state index contributed by atoms with van der Waals surface area (Å²) < 4.78 is 19.2. The van der Waals surface area contributed by atoms with Crippen LogP contribution in [0.5, 0.6) is 17.2 Å². The van der Waals surface area contributed by atoms with Gasteiger partial charge in [-0.1, -0.05) is 18.2 Å². The minimum absolute atomic E-state index is 0.0417. The van der Waals surface area contributed by atoms with E-state index >= 15 is 0 Å². The predicted molar refractivity (Wildman–Crippen MR) is 121 cm³/mol. The highest BCUT2D eigenvalue weighted by Crippen LogP contribution is 2.40. The summed E-state index contributed by atoms with van der Waals surface area (Å²) in [6, 6.07) is 13.3. The Morgan fingerprint density at radius 2 is 1.82 bits per heavy atom. The lowest BCUT2D eigenvalue weighted by Gasteiger charge is -2.35. The fourth-order valence-corrected chi connectivity index (χ4v) is 5.48. The third-order valence-corrected chi connectivity index (χ3v) is 7.13. The Balaban J connectivity index is 1.16. The number of aliphatic hydroxyl groups excluding tert-OH is 1. The Kier molecular flexibility index (Phi) is 4.90. The number of aliphatic hydroxyl groups is 1. The zero-order valence-corrected chi connectivity index (χ0v) is 18.5. The van der Waals surface area contributed by atoms with Gasteiger partial charge in [0.15, 0.2) is 17.2 Å². The van der Waals surface area contributed by atoms with E-state index in [1.807, 2.05) is 54.4 Å². The van der Waals surface area contributed by atoms with Gasteiger partial charge in [-0.05, 0) is 42.9 Å². The van der Waals surface area contributed by atoms with E-state index in [4.69, 9.17) is 14.2 Å². The Labute approximate surface area is 191 Å². The maximum absolute atomic E-state index is 13.3. The number of nitrogens with zero attached hydrogens (tertiary/aromatic N) is 3. The first-order valence-electron chi connectivity index (χ1n) is 11.5. The number of ether oxygens (including phenoxy) is 3. The van der Waals surface area contributed by atoms with Crippen LogP contribution in [-0.4, -0.2) is 64.2 Å². The molecule has 2 fully saturated rings. The van der Waals surface area contributed by atoms with Crippen LogP contribution in [0, 0.1) is 11.8 Å².